The van der Waals surface area contributed by atoms with E-state index in [0.29, 0.717) is 6.42 Å². The first kappa shape index (κ1) is 14.1. The lowest BCUT2D eigenvalue weighted by Gasteiger charge is -2.12. The van der Waals surface area contributed by atoms with E-state index in [1.165, 1.54) is 12.5 Å². The predicted octanol–water partition coefficient (Wildman–Crippen LogP) is 3.72. The van der Waals surface area contributed by atoms with Gasteiger partial charge in [-0.05, 0) is 17.7 Å². The monoisotopic (exact) mass is 291 g/mol. The number of nitrogens with zero attached hydrogens (tertiary/aromatic N) is 1. The minimum absolute atomic E-state index is 0.331. The Morgan fingerprint density at radius 1 is 0.909 bits per heavy atom. The van der Waals surface area contributed by atoms with Crippen LogP contribution in [0.1, 0.15) is 18.2 Å². The van der Waals surface area contributed by atoms with E-state index in [1.54, 1.807) is 4.73 Å². The van der Waals surface area contributed by atoms with Crippen LogP contribution < -0.4 is 4.84 Å². The topological polar surface area (TPSA) is 31.2 Å². The summed E-state index contributed by atoms with van der Waals surface area (Å²) >= 11 is 0. The Labute approximate surface area is 129 Å². The minimum Gasteiger partial charge on any atom is -0.337 e. The fourth-order valence-corrected chi connectivity index (χ4v) is 2.46. The molecule has 0 aliphatic rings. The Balaban J connectivity index is 2.00. The molecule has 22 heavy (non-hydrogen) atoms. The van der Waals surface area contributed by atoms with Crippen LogP contribution in [0.15, 0.2) is 72.8 Å². The van der Waals surface area contributed by atoms with Crippen molar-refractivity contribution in [1.29, 1.82) is 0 Å². The average molecular weight is 291 g/mol. The van der Waals surface area contributed by atoms with Crippen molar-refractivity contribution in [2.24, 2.45) is 0 Å². The van der Waals surface area contributed by atoms with Crippen LogP contribution in [0.2, 0.25) is 0 Å². The molecule has 0 bridgehead atoms. The summed E-state index contributed by atoms with van der Waals surface area (Å²) in [7, 11) is 0. The molecule has 0 radical (unpaired) electrons. The summed E-state index contributed by atoms with van der Waals surface area (Å²) in [6, 6.07) is 24.0. The van der Waals surface area contributed by atoms with Crippen molar-refractivity contribution in [2.45, 2.75) is 13.3 Å². The molecule has 3 nitrogen and oxygen atoms in total. The Kier molecular flexibility index (Phi) is 4.05. The zero-order chi connectivity index (χ0) is 15.4. The van der Waals surface area contributed by atoms with Crippen LogP contribution in [-0.4, -0.2) is 10.7 Å². The average Bonchev–Trinajstić information content (AvgIpc) is 2.91. The lowest BCUT2D eigenvalue weighted by Crippen LogP contribution is -2.19. The van der Waals surface area contributed by atoms with Crippen LogP contribution in [0, 0.1) is 0 Å². The van der Waals surface area contributed by atoms with Gasteiger partial charge < -0.3 is 4.84 Å². The number of carbonyl (C=O) groups excluding carboxylic acids is 1. The van der Waals surface area contributed by atoms with Crippen molar-refractivity contribution in [1.82, 2.24) is 4.73 Å². The third kappa shape index (κ3) is 3.09. The SMILES string of the molecule is CC(=O)On1c(Cc2ccccc2)ccc1-c1ccccc1. The van der Waals surface area contributed by atoms with Gasteiger partial charge in [-0.25, -0.2) is 4.79 Å². The molecule has 0 unspecified atom stereocenters. The van der Waals surface area contributed by atoms with Gasteiger partial charge in [0, 0.05) is 18.9 Å². The van der Waals surface area contributed by atoms with E-state index in [1.807, 2.05) is 60.7 Å². The number of rotatable bonds is 4. The van der Waals surface area contributed by atoms with Crippen molar-refractivity contribution in [3.8, 4) is 11.3 Å². The lowest BCUT2D eigenvalue weighted by atomic mass is 10.1. The van der Waals surface area contributed by atoms with Crippen molar-refractivity contribution >= 4 is 5.97 Å². The lowest BCUT2D eigenvalue weighted by molar-refractivity contribution is -0.141. The van der Waals surface area contributed by atoms with Gasteiger partial charge in [0.1, 0.15) is 0 Å². The quantitative estimate of drug-likeness (QED) is 0.733. The maximum absolute atomic E-state index is 11.5. The summed E-state index contributed by atoms with van der Waals surface area (Å²) in [4.78, 5) is 16.9. The summed E-state index contributed by atoms with van der Waals surface area (Å²) in [5.74, 6) is -0.331. The van der Waals surface area contributed by atoms with E-state index >= 15 is 0 Å². The number of carbonyl (C=O) groups is 1. The molecule has 2 aromatic carbocycles. The molecule has 3 rings (SSSR count). The van der Waals surface area contributed by atoms with Gasteiger partial charge >= 0.3 is 5.97 Å². The molecule has 3 aromatic rings. The number of hydrogen-bond donors (Lipinski definition) is 0. The molecule has 0 spiro atoms. The first-order chi connectivity index (χ1) is 10.7. The Morgan fingerprint density at radius 3 is 2.18 bits per heavy atom. The first-order valence-electron chi connectivity index (χ1n) is 7.23. The smallest absolute Gasteiger partial charge is 0.329 e. The molecule has 0 saturated heterocycles. The minimum atomic E-state index is -0.331. The van der Waals surface area contributed by atoms with E-state index in [9.17, 15) is 4.79 Å². The zero-order valence-corrected chi connectivity index (χ0v) is 12.4. The third-order valence-electron chi connectivity index (χ3n) is 3.43. The summed E-state index contributed by atoms with van der Waals surface area (Å²) < 4.78 is 1.63. The second-order valence-corrected chi connectivity index (χ2v) is 5.12. The maximum atomic E-state index is 11.5. The standard InChI is InChI=1S/C19H17NO2/c1-15(21)22-20-18(14-16-8-4-2-5-9-16)12-13-19(20)17-10-6-3-7-11-17/h2-13H,14H2,1H3. The van der Waals surface area contributed by atoms with E-state index in [4.69, 9.17) is 4.84 Å². The van der Waals surface area contributed by atoms with Crippen LogP contribution in [0.5, 0.6) is 0 Å². The molecule has 1 heterocycles. The van der Waals surface area contributed by atoms with Gasteiger partial charge in [0.15, 0.2) is 0 Å². The van der Waals surface area contributed by atoms with Gasteiger partial charge in [0.25, 0.3) is 0 Å². The molecule has 0 aliphatic heterocycles. The fraction of sp³-hybridized carbons (Fsp3) is 0.105. The van der Waals surface area contributed by atoms with Gasteiger partial charge in [-0.3, -0.25) is 0 Å². The molecule has 110 valence electrons. The highest BCUT2D eigenvalue weighted by atomic mass is 16.7. The maximum Gasteiger partial charge on any atom is 0.329 e. The summed E-state index contributed by atoms with van der Waals surface area (Å²) in [5, 5.41) is 0. The van der Waals surface area contributed by atoms with Crippen LogP contribution in [0.3, 0.4) is 0 Å². The molecule has 0 aliphatic carbocycles. The molecular weight excluding hydrogens is 274 g/mol. The number of hydrogen-bond acceptors (Lipinski definition) is 2. The molecule has 0 amide bonds. The van der Waals surface area contributed by atoms with Gasteiger partial charge in [0.2, 0.25) is 0 Å². The van der Waals surface area contributed by atoms with Crippen molar-refractivity contribution in [3.63, 3.8) is 0 Å². The highest BCUT2D eigenvalue weighted by Gasteiger charge is 2.13. The second kappa shape index (κ2) is 6.31. The summed E-state index contributed by atoms with van der Waals surface area (Å²) in [5.41, 5.74) is 4.01. The van der Waals surface area contributed by atoms with Gasteiger partial charge in [-0.2, -0.15) is 4.73 Å². The largest absolute Gasteiger partial charge is 0.337 e. The van der Waals surface area contributed by atoms with Crippen molar-refractivity contribution in [3.05, 3.63) is 84.1 Å². The van der Waals surface area contributed by atoms with Crippen molar-refractivity contribution in [2.75, 3.05) is 0 Å². The third-order valence-corrected chi connectivity index (χ3v) is 3.43. The molecule has 0 N–H and O–H groups in total. The molecular formula is C19H17NO2. The van der Waals surface area contributed by atoms with Gasteiger partial charge in [0.05, 0.1) is 11.4 Å². The Hall–Kier alpha value is -2.81. The van der Waals surface area contributed by atoms with Crippen LogP contribution in [-0.2, 0) is 11.2 Å². The van der Waals surface area contributed by atoms with Crippen LogP contribution in [0.4, 0.5) is 0 Å². The highest BCUT2D eigenvalue weighted by Crippen LogP contribution is 2.23. The predicted molar refractivity (Wildman–Crippen MR) is 86.4 cm³/mol. The molecule has 1 aromatic heterocycles. The van der Waals surface area contributed by atoms with E-state index < -0.39 is 0 Å². The van der Waals surface area contributed by atoms with Crippen LogP contribution in [0.25, 0.3) is 11.3 Å². The van der Waals surface area contributed by atoms with Gasteiger partial charge in [-0.1, -0.05) is 60.7 Å². The molecule has 3 heteroatoms. The molecule has 0 saturated carbocycles. The number of aromatic nitrogens is 1. The molecule has 0 atom stereocenters. The van der Waals surface area contributed by atoms with E-state index in [-0.39, 0.29) is 5.97 Å². The second-order valence-electron chi connectivity index (χ2n) is 5.12. The first-order valence-corrected chi connectivity index (χ1v) is 7.23. The van der Waals surface area contributed by atoms with E-state index in [2.05, 4.69) is 12.1 Å². The van der Waals surface area contributed by atoms with Gasteiger partial charge in [-0.15, -0.1) is 0 Å². The summed E-state index contributed by atoms with van der Waals surface area (Å²) in [6.45, 7) is 1.42. The molecule has 0 fully saturated rings. The van der Waals surface area contributed by atoms with Crippen molar-refractivity contribution < 1.29 is 9.63 Å². The Morgan fingerprint density at radius 2 is 1.55 bits per heavy atom. The highest BCUT2D eigenvalue weighted by molar-refractivity contribution is 5.68. The summed E-state index contributed by atoms with van der Waals surface area (Å²) in [6.07, 6.45) is 0.709. The fourth-order valence-electron chi connectivity index (χ4n) is 2.46. The Bertz CT molecular complexity index is 761. The normalized spacial score (nSPS) is 10.4. The number of benzene rings is 2. The van der Waals surface area contributed by atoms with E-state index in [0.717, 1.165) is 17.0 Å². The van der Waals surface area contributed by atoms with Crippen LogP contribution >= 0.6 is 0 Å². The zero-order valence-electron chi connectivity index (χ0n) is 12.4.